The number of para-hydroxylation sites is 1. The number of hydrogen-bond acceptors (Lipinski definition) is 2. The lowest BCUT2D eigenvalue weighted by molar-refractivity contribution is 0.343. The summed E-state index contributed by atoms with van der Waals surface area (Å²) in [6.07, 6.45) is 0. The van der Waals surface area contributed by atoms with E-state index in [1.165, 1.54) is 0 Å². The fraction of sp³-hybridized carbons (Fsp3) is 0.200. The van der Waals surface area contributed by atoms with Crippen molar-refractivity contribution in [3.05, 3.63) is 54.6 Å². The van der Waals surface area contributed by atoms with Crippen molar-refractivity contribution in [3.8, 4) is 5.75 Å². The summed E-state index contributed by atoms with van der Waals surface area (Å²) in [6, 6.07) is 17.1. The van der Waals surface area contributed by atoms with Crippen molar-refractivity contribution in [2.24, 2.45) is 0 Å². The van der Waals surface area contributed by atoms with Crippen LogP contribution >= 0.6 is 7.14 Å². The highest BCUT2D eigenvalue weighted by Crippen LogP contribution is 2.41. The minimum Gasteiger partial charge on any atom is -0.493 e. The molecule has 2 nitrogen and oxygen atoms in total. The second kappa shape index (κ2) is 5.41. The first kappa shape index (κ1) is 12.9. The van der Waals surface area contributed by atoms with Gasteiger partial charge in [0.2, 0.25) is 0 Å². The van der Waals surface area contributed by atoms with Crippen LogP contribution in [-0.4, -0.2) is 13.3 Å². The molecule has 0 aliphatic carbocycles. The standard InChI is InChI=1S/C15H17O2P/c1-3-17-14-11-7-8-12-15(14)18(2,16)13-9-5-4-6-10-13/h4-12H,3H2,1-2H3/t18-/m1/s1. The predicted molar refractivity (Wildman–Crippen MR) is 76.9 cm³/mol. The molecule has 2 aromatic rings. The molecule has 0 aromatic heterocycles. The summed E-state index contributed by atoms with van der Waals surface area (Å²) >= 11 is 0. The molecule has 0 unspecified atom stereocenters. The van der Waals surface area contributed by atoms with E-state index in [4.69, 9.17) is 4.74 Å². The lowest BCUT2D eigenvalue weighted by atomic mass is 10.3. The van der Waals surface area contributed by atoms with Crippen LogP contribution in [0.15, 0.2) is 54.6 Å². The van der Waals surface area contributed by atoms with Gasteiger partial charge in [0.05, 0.1) is 11.9 Å². The molecule has 0 bridgehead atoms. The van der Waals surface area contributed by atoms with Gasteiger partial charge in [-0.25, -0.2) is 0 Å². The summed E-state index contributed by atoms with van der Waals surface area (Å²) in [7, 11) is -2.59. The van der Waals surface area contributed by atoms with Crippen LogP contribution in [0.25, 0.3) is 0 Å². The molecule has 0 fully saturated rings. The molecule has 3 heteroatoms. The maximum atomic E-state index is 13.0. The van der Waals surface area contributed by atoms with Gasteiger partial charge in [-0.3, -0.25) is 0 Å². The van der Waals surface area contributed by atoms with Crippen LogP contribution < -0.4 is 15.3 Å². The molecule has 0 aliphatic rings. The molecule has 0 N–H and O–H groups in total. The van der Waals surface area contributed by atoms with Gasteiger partial charge >= 0.3 is 0 Å². The Balaban J connectivity index is 2.51. The SMILES string of the molecule is CCOc1ccccc1[P@](C)(=O)c1ccccc1. The van der Waals surface area contributed by atoms with Gasteiger partial charge in [0.1, 0.15) is 12.9 Å². The minimum absolute atomic E-state index is 0.575. The summed E-state index contributed by atoms with van der Waals surface area (Å²) in [5.41, 5.74) is 0. The van der Waals surface area contributed by atoms with Crippen molar-refractivity contribution < 1.29 is 9.30 Å². The number of rotatable bonds is 4. The summed E-state index contributed by atoms with van der Waals surface area (Å²) in [6.45, 7) is 4.30. The zero-order valence-electron chi connectivity index (χ0n) is 10.7. The molecule has 2 rings (SSSR count). The molecule has 94 valence electrons. The second-order valence-corrected chi connectivity index (χ2v) is 7.01. The molecule has 18 heavy (non-hydrogen) atoms. The molecule has 0 heterocycles. The molecule has 1 atom stereocenters. The van der Waals surface area contributed by atoms with Crippen LogP contribution in [0.4, 0.5) is 0 Å². The summed E-state index contributed by atoms with van der Waals surface area (Å²) < 4.78 is 18.6. The Labute approximate surface area is 108 Å². The number of hydrogen-bond donors (Lipinski definition) is 0. The third-order valence-electron chi connectivity index (χ3n) is 2.87. The van der Waals surface area contributed by atoms with Crippen LogP contribution in [0, 0.1) is 0 Å². The van der Waals surface area contributed by atoms with E-state index in [2.05, 4.69) is 0 Å². The summed E-state index contributed by atoms with van der Waals surface area (Å²) in [5, 5.41) is 1.65. The maximum absolute atomic E-state index is 13.0. The van der Waals surface area contributed by atoms with Gasteiger partial charge < -0.3 is 9.30 Å². The monoisotopic (exact) mass is 260 g/mol. The molecular weight excluding hydrogens is 243 g/mol. The van der Waals surface area contributed by atoms with E-state index in [-0.39, 0.29) is 0 Å². The Hall–Kier alpha value is -1.53. The van der Waals surface area contributed by atoms with Crippen molar-refractivity contribution in [1.29, 1.82) is 0 Å². The lowest BCUT2D eigenvalue weighted by Crippen LogP contribution is -2.17. The highest BCUT2D eigenvalue weighted by Gasteiger charge is 2.24. The average molecular weight is 260 g/mol. The van der Waals surface area contributed by atoms with Gasteiger partial charge in [-0.1, -0.05) is 42.5 Å². The summed E-state index contributed by atoms with van der Waals surface area (Å²) in [4.78, 5) is 0. The Kier molecular flexibility index (Phi) is 3.88. The molecule has 0 radical (unpaired) electrons. The fourth-order valence-electron chi connectivity index (χ4n) is 1.94. The van der Waals surface area contributed by atoms with E-state index in [1.54, 1.807) is 6.66 Å². The van der Waals surface area contributed by atoms with E-state index in [0.717, 1.165) is 16.4 Å². The largest absolute Gasteiger partial charge is 0.493 e. The quantitative estimate of drug-likeness (QED) is 0.790. The topological polar surface area (TPSA) is 26.3 Å². The Morgan fingerprint density at radius 2 is 1.61 bits per heavy atom. The Morgan fingerprint density at radius 3 is 2.28 bits per heavy atom. The molecule has 0 aliphatic heterocycles. The Morgan fingerprint density at radius 1 is 1.00 bits per heavy atom. The summed E-state index contributed by atoms with van der Waals surface area (Å²) in [5.74, 6) is 0.717. The number of benzene rings is 2. The second-order valence-electron chi connectivity index (χ2n) is 4.16. The molecule has 0 saturated heterocycles. The molecule has 0 saturated carbocycles. The van der Waals surface area contributed by atoms with Gasteiger partial charge in [-0.2, -0.15) is 0 Å². The van der Waals surface area contributed by atoms with Crippen LogP contribution in [0.3, 0.4) is 0 Å². The van der Waals surface area contributed by atoms with Crippen molar-refractivity contribution in [1.82, 2.24) is 0 Å². The third kappa shape index (κ3) is 2.49. The predicted octanol–water partition coefficient (Wildman–Crippen LogP) is 3.03. The molecule has 0 spiro atoms. The Bertz CT molecular complexity index is 564. The zero-order valence-corrected chi connectivity index (χ0v) is 11.6. The van der Waals surface area contributed by atoms with Gasteiger partial charge in [0.15, 0.2) is 0 Å². The van der Waals surface area contributed by atoms with Gasteiger partial charge in [0, 0.05) is 5.30 Å². The maximum Gasteiger partial charge on any atom is 0.143 e. The first-order valence-electron chi connectivity index (χ1n) is 6.01. The van der Waals surface area contributed by atoms with Crippen LogP contribution in [0.5, 0.6) is 5.75 Å². The van der Waals surface area contributed by atoms with Gasteiger partial charge in [-0.15, -0.1) is 0 Å². The molecular formula is C15H17O2P. The highest BCUT2D eigenvalue weighted by molar-refractivity contribution is 7.78. The van der Waals surface area contributed by atoms with Crippen molar-refractivity contribution >= 4 is 17.8 Å². The van der Waals surface area contributed by atoms with Crippen LogP contribution in [0.1, 0.15) is 6.92 Å². The van der Waals surface area contributed by atoms with Crippen LogP contribution in [-0.2, 0) is 4.57 Å². The normalized spacial score (nSPS) is 13.9. The first-order chi connectivity index (χ1) is 8.66. The average Bonchev–Trinajstić information content (AvgIpc) is 2.41. The van der Waals surface area contributed by atoms with E-state index < -0.39 is 7.14 Å². The third-order valence-corrected chi connectivity index (χ3v) is 5.45. The molecule has 0 amide bonds. The number of ether oxygens (including phenoxy) is 1. The van der Waals surface area contributed by atoms with Gasteiger partial charge in [-0.05, 0) is 25.7 Å². The van der Waals surface area contributed by atoms with E-state index in [1.807, 2.05) is 61.5 Å². The highest BCUT2D eigenvalue weighted by atomic mass is 31.2. The van der Waals surface area contributed by atoms with Crippen molar-refractivity contribution in [3.63, 3.8) is 0 Å². The lowest BCUT2D eigenvalue weighted by Gasteiger charge is -2.17. The van der Waals surface area contributed by atoms with E-state index in [9.17, 15) is 4.57 Å². The van der Waals surface area contributed by atoms with E-state index in [0.29, 0.717) is 6.61 Å². The van der Waals surface area contributed by atoms with Gasteiger partial charge in [0.25, 0.3) is 0 Å². The smallest absolute Gasteiger partial charge is 0.143 e. The minimum atomic E-state index is -2.59. The van der Waals surface area contributed by atoms with E-state index >= 15 is 0 Å². The van der Waals surface area contributed by atoms with Crippen LogP contribution in [0.2, 0.25) is 0 Å². The fourth-order valence-corrected chi connectivity index (χ4v) is 3.89. The molecule has 2 aromatic carbocycles. The zero-order chi connectivity index (χ0) is 13.0. The first-order valence-corrected chi connectivity index (χ1v) is 8.17. The van der Waals surface area contributed by atoms with Crippen molar-refractivity contribution in [2.75, 3.05) is 13.3 Å². The van der Waals surface area contributed by atoms with Crippen molar-refractivity contribution in [2.45, 2.75) is 6.92 Å².